The van der Waals surface area contributed by atoms with E-state index in [4.69, 9.17) is 13.6 Å². The first-order valence-corrected chi connectivity index (χ1v) is 26.3. The fraction of sp³-hybridized carbons (Fsp3) is 1.00. The summed E-state index contributed by atoms with van der Waals surface area (Å²) >= 11 is 0. The Morgan fingerprint density at radius 2 is 0.582 bits per heavy atom. The summed E-state index contributed by atoms with van der Waals surface area (Å²) in [7, 11) is -3.55. The van der Waals surface area contributed by atoms with Gasteiger partial charge in [-0.2, -0.15) is 0 Å². The Kier molecular flexibility index (Phi) is 42.2. The molecule has 0 aromatic heterocycles. The van der Waals surface area contributed by atoms with Gasteiger partial charge in [0.05, 0.1) is 18.8 Å². The second-order valence-electron chi connectivity index (χ2n) is 17.5. The summed E-state index contributed by atoms with van der Waals surface area (Å²) in [5.74, 6) is 0. The zero-order chi connectivity index (χ0) is 40.5. The third-order valence-corrected chi connectivity index (χ3v) is 12.8. The first kappa shape index (κ1) is 55.0. The Bertz CT molecular complexity index is 760. The highest BCUT2D eigenvalue weighted by Crippen LogP contribution is 2.51. The van der Waals surface area contributed by atoms with Gasteiger partial charge in [0, 0.05) is 6.54 Å². The molecule has 0 fully saturated rings. The van der Waals surface area contributed by atoms with Crippen molar-refractivity contribution >= 4 is 7.82 Å². The molecule has 0 saturated carbocycles. The maximum absolute atomic E-state index is 13.2. The van der Waals surface area contributed by atoms with E-state index in [9.17, 15) is 4.57 Å². The molecule has 0 aromatic carbocycles. The van der Waals surface area contributed by atoms with Crippen molar-refractivity contribution in [3.05, 3.63) is 0 Å². The molecule has 55 heavy (non-hydrogen) atoms. The van der Waals surface area contributed by atoms with Crippen LogP contribution in [0.5, 0.6) is 0 Å². The van der Waals surface area contributed by atoms with Gasteiger partial charge in [-0.1, -0.05) is 194 Å². The van der Waals surface area contributed by atoms with Crippen molar-refractivity contribution in [3.8, 4) is 0 Å². The standard InChI is InChI=1S/C48H101N2O4P/c1-8-11-14-17-20-23-26-29-32-35-40-49(41-36-33-30-27-24-21-18-15-12-9-2)43-38-44-50(42-37-34-31-28-25-22-19-16-13-10-3)45-39-46-52-55(51,53-47(4)5)54-48(6)7/h47-48H,8-46H2,1-7H3. The van der Waals surface area contributed by atoms with Crippen LogP contribution in [0.1, 0.15) is 254 Å². The highest BCUT2D eigenvalue weighted by Gasteiger charge is 2.29. The SMILES string of the molecule is CCCCCCCCCCCCN(CCCCCCCCCCCC)CCCN(CCCCCCCCCCCC)CCCOP(=O)(OC(C)C)OC(C)C. The van der Waals surface area contributed by atoms with Crippen LogP contribution in [-0.2, 0) is 18.1 Å². The van der Waals surface area contributed by atoms with Crippen molar-refractivity contribution in [2.75, 3.05) is 45.9 Å². The van der Waals surface area contributed by atoms with Gasteiger partial charge in [-0.25, -0.2) is 4.57 Å². The third-order valence-electron chi connectivity index (χ3n) is 11.0. The highest BCUT2D eigenvalue weighted by molar-refractivity contribution is 7.48. The van der Waals surface area contributed by atoms with Crippen LogP contribution in [0.2, 0.25) is 0 Å². The van der Waals surface area contributed by atoms with E-state index in [0.29, 0.717) is 6.61 Å². The minimum Gasteiger partial charge on any atom is -0.303 e. The Morgan fingerprint density at radius 1 is 0.345 bits per heavy atom. The van der Waals surface area contributed by atoms with Gasteiger partial charge >= 0.3 is 7.82 Å². The first-order chi connectivity index (χ1) is 26.8. The number of hydrogen-bond donors (Lipinski definition) is 0. The molecule has 332 valence electrons. The van der Waals surface area contributed by atoms with Gasteiger partial charge in [0.1, 0.15) is 0 Å². The minimum absolute atomic E-state index is 0.207. The van der Waals surface area contributed by atoms with E-state index < -0.39 is 7.82 Å². The maximum atomic E-state index is 13.2. The van der Waals surface area contributed by atoms with Crippen LogP contribution in [0.3, 0.4) is 0 Å². The zero-order valence-corrected chi connectivity index (χ0v) is 39.6. The van der Waals surface area contributed by atoms with Gasteiger partial charge in [0.15, 0.2) is 0 Å². The molecular weight excluding hydrogens is 700 g/mol. The molecule has 0 aliphatic rings. The molecule has 0 spiro atoms. The van der Waals surface area contributed by atoms with Crippen LogP contribution in [-0.4, -0.2) is 67.9 Å². The molecule has 0 heterocycles. The quantitative estimate of drug-likeness (QED) is 0.0451. The van der Waals surface area contributed by atoms with Crippen LogP contribution >= 0.6 is 7.82 Å². The molecule has 0 aliphatic heterocycles. The maximum Gasteiger partial charge on any atom is 0.475 e. The number of unbranched alkanes of at least 4 members (excludes halogenated alkanes) is 27. The fourth-order valence-electron chi connectivity index (χ4n) is 7.72. The summed E-state index contributed by atoms with van der Waals surface area (Å²) in [6.07, 6.45) is 43.4. The molecule has 0 N–H and O–H groups in total. The summed E-state index contributed by atoms with van der Waals surface area (Å²) in [6.45, 7) is 21.8. The summed E-state index contributed by atoms with van der Waals surface area (Å²) in [5, 5.41) is 0. The van der Waals surface area contributed by atoms with E-state index in [1.807, 2.05) is 27.7 Å². The van der Waals surface area contributed by atoms with Crippen LogP contribution in [0.4, 0.5) is 0 Å². The van der Waals surface area contributed by atoms with Crippen LogP contribution in [0.15, 0.2) is 0 Å². The monoisotopic (exact) mass is 801 g/mol. The van der Waals surface area contributed by atoms with Crippen molar-refractivity contribution in [2.45, 2.75) is 266 Å². The number of nitrogens with zero attached hydrogens (tertiary/aromatic N) is 2. The van der Waals surface area contributed by atoms with Crippen molar-refractivity contribution in [3.63, 3.8) is 0 Å². The Balaban J connectivity index is 4.96. The zero-order valence-electron chi connectivity index (χ0n) is 38.7. The highest BCUT2D eigenvalue weighted by atomic mass is 31.2. The van der Waals surface area contributed by atoms with Crippen molar-refractivity contribution in [2.24, 2.45) is 0 Å². The lowest BCUT2D eigenvalue weighted by molar-refractivity contribution is 0.0695. The van der Waals surface area contributed by atoms with Gasteiger partial charge in [0.2, 0.25) is 0 Å². The van der Waals surface area contributed by atoms with E-state index >= 15 is 0 Å². The lowest BCUT2D eigenvalue weighted by Crippen LogP contribution is -2.33. The molecule has 0 bridgehead atoms. The number of rotatable bonds is 46. The number of hydrogen-bond acceptors (Lipinski definition) is 6. The van der Waals surface area contributed by atoms with Crippen molar-refractivity contribution in [1.29, 1.82) is 0 Å². The van der Waals surface area contributed by atoms with Gasteiger partial charge in [0.25, 0.3) is 0 Å². The molecule has 0 unspecified atom stereocenters. The van der Waals surface area contributed by atoms with E-state index in [1.165, 1.54) is 219 Å². The Labute approximate surface area is 346 Å². The minimum atomic E-state index is -3.55. The molecule has 7 heteroatoms. The van der Waals surface area contributed by atoms with Gasteiger partial charge in [-0.15, -0.1) is 0 Å². The van der Waals surface area contributed by atoms with Crippen molar-refractivity contribution in [1.82, 2.24) is 9.80 Å². The van der Waals surface area contributed by atoms with E-state index in [1.54, 1.807) is 0 Å². The smallest absolute Gasteiger partial charge is 0.303 e. The normalized spacial score (nSPS) is 12.4. The summed E-state index contributed by atoms with van der Waals surface area (Å²) in [5.41, 5.74) is 0. The average Bonchev–Trinajstić information content (AvgIpc) is 3.14. The van der Waals surface area contributed by atoms with Gasteiger partial charge in [-0.3, -0.25) is 13.6 Å². The second kappa shape index (κ2) is 42.2. The predicted octanol–water partition coefficient (Wildman–Crippen LogP) is 16.1. The topological polar surface area (TPSA) is 51.2 Å². The summed E-state index contributed by atoms with van der Waals surface area (Å²) in [6, 6.07) is 0. The van der Waals surface area contributed by atoms with Crippen LogP contribution in [0.25, 0.3) is 0 Å². The van der Waals surface area contributed by atoms with Crippen molar-refractivity contribution < 1.29 is 18.1 Å². The fourth-order valence-corrected chi connectivity index (χ4v) is 9.28. The molecule has 0 aliphatic carbocycles. The largest absolute Gasteiger partial charge is 0.475 e. The van der Waals surface area contributed by atoms with Gasteiger partial charge < -0.3 is 9.80 Å². The Morgan fingerprint density at radius 3 is 0.855 bits per heavy atom. The van der Waals surface area contributed by atoms with E-state index in [0.717, 1.165) is 26.1 Å². The van der Waals surface area contributed by atoms with E-state index in [-0.39, 0.29) is 12.2 Å². The summed E-state index contributed by atoms with van der Waals surface area (Å²) < 4.78 is 30.3. The summed E-state index contributed by atoms with van der Waals surface area (Å²) in [4.78, 5) is 5.46. The molecule has 0 amide bonds. The van der Waals surface area contributed by atoms with Gasteiger partial charge in [-0.05, 0) is 92.5 Å². The molecule has 6 nitrogen and oxygen atoms in total. The lowest BCUT2D eigenvalue weighted by Gasteiger charge is -2.27. The first-order valence-electron chi connectivity index (χ1n) is 24.8. The number of phosphoric ester groups is 1. The second-order valence-corrected chi connectivity index (χ2v) is 19.1. The lowest BCUT2D eigenvalue weighted by atomic mass is 10.1. The molecule has 0 aromatic rings. The molecular formula is C48H101N2O4P. The predicted molar refractivity (Wildman–Crippen MR) is 244 cm³/mol. The third kappa shape index (κ3) is 40.6. The van der Waals surface area contributed by atoms with Crippen LogP contribution < -0.4 is 0 Å². The number of phosphoric acid groups is 1. The average molecular weight is 801 g/mol. The molecule has 0 atom stereocenters. The molecule has 0 radical (unpaired) electrons. The Hall–Kier alpha value is 0.0300. The van der Waals surface area contributed by atoms with Crippen LogP contribution in [0, 0.1) is 0 Å². The molecule has 0 saturated heterocycles. The molecule has 0 rings (SSSR count). The van der Waals surface area contributed by atoms with E-state index in [2.05, 4.69) is 30.6 Å².